The smallest absolute Gasteiger partial charge is 0.278 e. The molecule has 0 aliphatic rings. The predicted molar refractivity (Wildman–Crippen MR) is 87.3 cm³/mol. The molecule has 0 saturated heterocycles. The van der Waals surface area contributed by atoms with Crippen LogP contribution in [0, 0.1) is 0 Å². The van der Waals surface area contributed by atoms with Gasteiger partial charge in [0.1, 0.15) is 6.04 Å². The second-order valence-electron chi connectivity index (χ2n) is 5.55. The summed E-state index contributed by atoms with van der Waals surface area (Å²) in [6.45, 7) is 5.93. The van der Waals surface area contributed by atoms with E-state index >= 15 is 0 Å². The zero-order valence-electron chi connectivity index (χ0n) is 12.7. The largest absolute Gasteiger partial charge is 0.349 e. The molecular weight excluding hydrogens is 280 g/mol. The summed E-state index contributed by atoms with van der Waals surface area (Å²) in [6, 6.07) is 14.7. The van der Waals surface area contributed by atoms with Gasteiger partial charge in [-0.1, -0.05) is 36.4 Å². The van der Waals surface area contributed by atoms with Crippen molar-refractivity contribution < 1.29 is 10.1 Å². The lowest BCUT2D eigenvalue weighted by atomic mass is 10.0. The van der Waals surface area contributed by atoms with Crippen LogP contribution < -0.4 is 10.6 Å². The summed E-state index contributed by atoms with van der Waals surface area (Å²) < 4.78 is 0. The number of hydrogen-bond donors (Lipinski definition) is 2. The van der Waals surface area contributed by atoms with Gasteiger partial charge in [0, 0.05) is 11.6 Å². The van der Waals surface area contributed by atoms with Gasteiger partial charge in [-0.3, -0.25) is 4.79 Å². The molecule has 0 aliphatic heterocycles. The van der Waals surface area contributed by atoms with Crippen LogP contribution in [0.15, 0.2) is 47.8 Å². The van der Waals surface area contributed by atoms with Crippen LogP contribution in [0.4, 0.5) is 0 Å². The quantitative estimate of drug-likeness (QED) is 0.845. The van der Waals surface area contributed by atoms with Crippen molar-refractivity contribution >= 4 is 17.2 Å². The van der Waals surface area contributed by atoms with Crippen LogP contribution in [0.2, 0.25) is 0 Å². The van der Waals surface area contributed by atoms with E-state index in [0.717, 1.165) is 0 Å². The number of amides is 1. The van der Waals surface area contributed by atoms with Gasteiger partial charge in [0.2, 0.25) is 0 Å². The Labute approximate surface area is 130 Å². The third-order valence-corrected chi connectivity index (χ3v) is 4.29. The Morgan fingerprint density at radius 2 is 1.81 bits per heavy atom. The minimum absolute atomic E-state index is 0.0856. The first kappa shape index (κ1) is 15.7. The normalized spacial score (nSPS) is 13.9. The summed E-state index contributed by atoms with van der Waals surface area (Å²) in [5.41, 5.74) is 1.23. The van der Waals surface area contributed by atoms with Gasteiger partial charge in [-0.25, -0.2) is 0 Å². The molecule has 3 N–H and O–H groups in total. The van der Waals surface area contributed by atoms with E-state index in [9.17, 15) is 4.79 Å². The fourth-order valence-electron chi connectivity index (χ4n) is 2.29. The number of quaternary nitrogens is 1. The molecular formula is C17H23N2OS+. The minimum atomic E-state index is -0.125. The Bertz CT molecular complexity index is 551. The van der Waals surface area contributed by atoms with Gasteiger partial charge >= 0.3 is 0 Å². The second kappa shape index (κ2) is 7.38. The third kappa shape index (κ3) is 4.41. The molecule has 21 heavy (non-hydrogen) atoms. The highest BCUT2D eigenvalue weighted by Crippen LogP contribution is 2.22. The number of nitrogens with one attached hydrogen (secondary N) is 1. The monoisotopic (exact) mass is 303 g/mol. The fraction of sp³-hybridized carbons (Fsp3) is 0.353. The summed E-state index contributed by atoms with van der Waals surface area (Å²) in [5.74, 6) is 0.0856. The van der Waals surface area contributed by atoms with E-state index in [1.807, 2.05) is 39.0 Å². The molecule has 0 bridgehead atoms. The van der Waals surface area contributed by atoms with Crippen LogP contribution in [-0.2, 0) is 4.79 Å². The molecule has 1 aromatic carbocycles. The summed E-state index contributed by atoms with van der Waals surface area (Å²) >= 11 is 1.73. The van der Waals surface area contributed by atoms with Crippen molar-refractivity contribution in [3.05, 3.63) is 58.3 Å². The molecule has 0 saturated carbocycles. The van der Waals surface area contributed by atoms with Crippen molar-refractivity contribution in [2.24, 2.45) is 0 Å². The third-order valence-electron chi connectivity index (χ3n) is 3.33. The zero-order valence-corrected chi connectivity index (χ0v) is 13.6. The Morgan fingerprint density at radius 1 is 1.10 bits per heavy atom. The van der Waals surface area contributed by atoms with Gasteiger partial charge in [0.05, 0.1) is 4.88 Å². The molecule has 0 spiro atoms. The van der Waals surface area contributed by atoms with Crippen LogP contribution in [0.25, 0.3) is 0 Å². The lowest BCUT2D eigenvalue weighted by molar-refractivity contribution is -0.704. The van der Waals surface area contributed by atoms with Crippen molar-refractivity contribution in [2.75, 3.05) is 0 Å². The van der Waals surface area contributed by atoms with E-state index in [-0.39, 0.29) is 24.0 Å². The highest BCUT2D eigenvalue weighted by atomic mass is 32.1. The predicted octanol–water partition coefficient (Wildman–Crippen LogP) is 2.31. The molecule has 0 aliphatic carbocycles. The number of thiophene rings is 1. The standard InChI is InChI=1S/C17H22N2OS/c1-12(2)18-17(20)13(3)19-16(15-10-7-11-21-15)14-8-5-4-6-9-14/h4-13,16,19H,1-3H3,(H,18,20)/p+1/t13-,16-/m1/s1. The van der Waals surface area contributed by atoms with Crippen molar-refractivity contribution in [1.82, 2.24) is 5.32 Å². The molecule has 0 fully saturated rings. The second-order valence-corrected chi connectivity index (χ2v) is 6.53. The van der Waals surface area contributed by atoms with Crippen molar-refractivity contribution in [2.45, 2.75) is 38.9 Å². The molecule has 1 heterocycles. The van der Waals surface area contributed by atoms with Crippen LogP contribution in [0.5, 0.6) is 0 Å². The molecule has 3 nitrogen and oxygen atoms in total. The summed E-state index contributed by atoms with van der Waals surface area (Å²) in [5, 5.41) is 7.20. The maximum atomic E-state index is 12.2. The average molecular weight is 303 g/mol. The van der Waals surface area contributed by atoms with Crippen LogP contribution in [0.3, 0.4) is 0 Å². The van der Waals surface area contributed by atoms with Gasteiger partial charge in [-0.15, -0.1) is 11.3 Å². The van der Waals surface area contributed by atoms with Crippen molar-refractivity contribution in [3.8, 4) is 0 Å². The van der Waals surface area contributed by atoms with E-state index in [1.54, 1.807) is 11.3 Å². The highest BCUT2D eigenvalue weighted by Gasteiger charge is 2.25. The molecule has 2 atom stereocenters. The first-order valence-electron chi connectivity index (χ1n) is 7.31. The number of rotatable bonds is 6. The van der Waals surface area contributed by atoms with Crippen molar-refractivity contribution in [1.29, 1.82) is 0 Å². The SMILES string of the molecule is CC(C)NC(=O)[C@@H](C)[NH2+][C@H](c1ccccc1)c1cccs1. The molecule has 2 aromatic rings. The first-order valence-corrected chi connectivity index (χ1v) is 8.19. The maximum Gasteiger partial charge on any atom is 0.278 e. The highest BCUT2D eigenvalue weighted by molar-refractivity contribution is 7.10. The van der Waals surface area contributed by atoms with Gasteiger partial charge in [-0.2, -0.15) is 0 Å². The summed E-state index contributed by atoms with van der Waals surface area (Å²) in [6.07, 6.45) is 0. The van der Waals surface area contributed by atoms with E-state index in [0.29, 0.717) is 0 Å². The number of carbonyl (C=O) groups excluding carboxylic acids is 1. The zero-order chi connectivity index (χ0) is 15.2. The topological polar surface area (TPSA) is 45.7 Å². The fourth-order valence-corrected chi connectivity index (χ4v) is 3.12. The lowest BCUT2D eigenvalue weighted by Crippen LogP contribution is -2.92. The maximum absolute atomic E-state index is 12.2. The minimum Gasteiger partial charge on any atom is -0.349 e. The van der Waals surface area contributed by atoms with Gasteiger partial charge < -0.3 is 10.6 Å². The number of hydrogen-bond acceptors (Lipinski definition) is 2. The Balaban J connectivity index is 2.16. The molecule has 4 heteroatoms. The number of benzene rings is 1. The lowest BCUT2D eigenvalue weighted by Gasteiger charge is -2.20. The average Bonchev–Trinajstić information content (AvgIpc) is 2.98. The van der Waals surface area contributed by atoms with Gasteiger partial charge in [0.15, 0.2) is 6.04 Å². The number of nitrogens with two attached hydrogens (primary N) is 1. The van der Waals surface area contributed by atoms with E-state index in [2.05, 4.69) is 40.3 Å². The number of carbonyl (C=O) groups is 1. The van der Waals surface area contributed by atoms with E-state index in [1.165, 1.54) is 10.4 Å². The van der Waals surface area contributed by atoms with E-state index < -0.39 is 0 Å². The Hall–Kier alpha value is -1.65. The van der Waals surface area contributed by atoms with Crippen LogP contribution in [0.1, 0.15) is 37.3 Å². The molecule has 1 aromatic heterocycles. The summed E-state index contributed by atoms with van der Waals surface area (Å²) in [7, 11) is 0. The Morgan fingerprint density at radius 3 is 2.38 bits per heavy atom. The molecule has 112 valence electrons. The molecule has 0 radical (unpaired) electrons. The van der Waals surface area contributed by atoms with Crippen LogP contribution >= 0.6 is 11.3 Å². The molecule has 0 unspecified atom stereocenters. The van der Waals surface area contributed by atoms with Gasteiger partial charge in [0.25, 0.3) is 5.91 Å². The van der Waals surface area contributed by atoms with Gasteiger partial charge in [-0.05, 0) is 32.2 Å². The van der Waals surface area contributed by atoms with Crippen LogP contribution in [-0.4, -0.2) is 18.0 Å². The van der Waals surface area contributed by atoms with E-state index in [4.69, 9.17) is 0 Å². The van der Waals surface area contributed by atoms with Crippen molar-refractivity contribution in [3.63, 3.8) is 0 Å². The first-order chi connectivity index (χ1) is 10.1. The Kier molecular flexibility index (Phi) is 5.53. The summed E-state index contributed by atoms with van der Waals surface area (Å²) in [4.78, 5) is 13.4. The molecule has 1 amide bonds. The molecule has 2 rings (SSSR count).